The molecule has 0 aliphatic carbocycles. The fraction of sp³-hybridized carbons (Fsp3) is 0.0800. The third kappa shape index (κ3) is 5.31. The van der Waals surface area contributed by atoms with E-state index in [1.165, 1.54) is 0 Å². The van der Waals surface area contributed by atoms with Crippen molar-refractivity contribution in [3.05, 3.63) is 111 Å². The highest BCUT2D eigenvalue weighted by atomic mass is 35.5. The fourth-order valence-electron chi connectivity index (χ4n) is 3.26. The monoisotopic (exact) mass is 468 g/mol. The van der Waals surface area contributed by atoms with Crippen molar-refractivity contribution in [3.63, 3.8) is 0 Å². The molecule has 0 heterocycles. The maximum absolute atomic E-state index is 6.23. The molecule has 0 unspecified atom stereocenters. The molecule has 0 bridgehead atoms. The summed E-state index contributed by atoms with van der Waals surface area (Å²) in [5.74, 6) is 0.736. The smallest absolute Gasteiger partial charge is 0.129 e. The van der Waals surface area contributed by atoms with Gasteiger partial charge in [0.1, 0.15) is 12.4 Å². The molecule has 0 aromatic heterocycles. The number of halogens is 3. The van der Waals surface area contributed by atoms with Crippen molar-refractivity contribution in [2.45, 2.75) is 13.2 Å². The van der Waals surface area contributed by atoms with Gasteiger partial charge in [-0.2, -0.15) is 5.10 Å². The van der Waals surface area contributed by atoms with Gasteiger partial charge >= 0.3 is 0 Å². The first-order valence-corrected chi connectivity index (χ1v) is 10.8. The number of fused-ring (bicyclic) bond motifs is 1. The van der Waals surface area contributed by atoms with Gasteiger partial charge in [-0.05, 0) is 46.7 Å². The fourth-order valence-corrected chi connectivity index (χ4v) is 4.00. The van der Waals surface area contributed by atoms with Gasteiger partial charge in [0.2, 0.25) is 0 Å². The summed E-state index contributed by atoms with van der Waals surface area (Å²) in [7, 11) is 0. The molecule has 0 saturated carbocycles. The van der Waals surface area contributed by atoms with E-state index in [-0.39, 0.29) is 0 Å². The van der Waals surface area contributed by atoms with Gasteiger partial charge in [-0.25, -0.2) is 0 Å². The molecule has 31 heavy (non-hydrogen) atoms. The third-order valence-corrected chi connectivity index (χ3v) is 5.76. The number of nitrogens with zero attached hydrogens (tertiary/aromatic N) is 1. The zero-order chi connectivity index (χ0) is 21.6. The van der Waals surface area contributed by atoms with Gasteiger partial charge in [0.25, 0.3) is 0 Å². The number of benzene rings is 4. The Labute approximate surface area is 196 Å². The second-order valence-corrected chi connectivity index (χ2v) is 8.16. The number of hydrogen-bond donors (Lipinski definition) is 1. The van der Waals surface area contributed by atoms with Crippen molar-refractivity contribution in [3.8, 4) is 5.75 Å². The molecule has 4 aromatic carbocycles. The highest BCUT2D eigenvalue weighted by Crippen LogP contribution is 2.28. The van der Waals surface area contributed by atoms with Crippen LogP contribution in [0, 0.1) is 0 Å². The predicted molar refractivity (Wildman–Crippen MR) is 131 cm³/mol. The number of ether oxygens (including phenoxy) is 1. The largest absolute Gasteiger partial charge is 0.488 e. The van der Waals surface area contributed by atoms with E-state index >= 15 is 0 Å². The zero-order valence-electron chi connectivity index (χ0n) is 16.5. The Hall–Kier alpha value is -2.72. The van der Waals surface area contributed by atoms with Crippen LogP contribution in [0.3, 0.4) is 0 Å². The molecular weight excluding hydrogens is 451 g/mol. The third-order valence-electron chi connectivity index (χ3n) is 4.82. The number of nitrogens with one attached hydrogen (secondary N) is 1. The number of hydrazone groups is 1. The van der Waals surface area contributed by atoms with Crippen LogP contribution >= 0.6 is 34.8 Å². The van der Waals surface area contributed by atoms with E-state index < -0.39 is 0 Å². The summed E-state index contributed by atoms with van der Waals surface area (Å²) >= 11 is 18.6. The number of hydrogen-bond acceptors (Lipinski definition) is 3. The zero-order valence-corrected chi connectivity index (χ0v) is 18.8. The minimum absolute atomic E-state index is 0.405. The van der Waals surface area contributed by atoms with E-state index in [1.807, 2.05) is 60.7 Å². The summed E-state index contributed by atoms with van der Waals surface area (Å²) < 4.78 is 6.12. The summed E-state index contributed by atoms with van der Waals surface area (Å²) in [6.07, 6.45) is 1.76. The Balaban J connectivity index is 1.57. The van der Waals surface area contributed by atoms with Crippen LogP contribution in [0.4, 0.5) is 0 Å². The summed E-state index contributed by atoms with van der Waals surface area (Å²) in [4.78, 5) is 0. The normalized spacial score (nSPS) is 11.2. The Morgan fingerprint density at radius 1 is 0.839 bits per heavy atom. The first kappa shape index (κ1) is 21.5. The quantitative estimate of drug-likeness (QED) is 0.224. The van der Waals surface area contributed by atoms with Crippen LogP contribution in [-0.4, -0.2) is 6.21 Å². The van der Waals surface area contributed by atoms with Gasteiger partial charge in [-0.15, -0.1) is 0 Å². The minimum Gasteiger partial charge on any atom is -0.488 e. The average Bonchev–Trinajstić information content (AvgIpc) is 2.77. The van der Waals surface area contributed by atoms with Crippen LogP contribution < -0.4 is 10.2 Å². The second-order valence-electron chi connectivity index (χ2n) is 6.91. The highest BCUT2D eigenvalue weighted by Gasteiger charge is 2.08. The first-order chi connectivity index (χ1) is 15.1. The maximum Gasteiger partial charge on any atom is 0.129 e. The van der Waals surface area contributed by atoms with Gasteiger partial charge in [0.15, 0.2) is 0 Å². The van der Waals surface area contributed by atoms with Crippen LogP contribution in [0.15, 0.2) is 84.0 Å². The maximum atomic E-state index is 6.23. The molecule has 0 aliphatic rings. The van der Waals surface area contributed by atoms with Crippen molar-refractivity contribution < 1.29 is 4.74 Å². The van der Waals surface area contributed by atoms with Crippen LogP contribution in [0.5, 0.6) is 5.75 Å². The van der Waals surface area contributed by atoms with Crippen LogP contribution in [0.25, 0.3) is 10.8 Å². The summed E-state index contributed by atoms with van der Waals surface area (Å²) in [5.41, 5.74) is 5.72. The van der Waals surface area contributed by atoms with Gasteiger partial charge in [0.05, 0.1) is 12.8 Å². The Bertz CT molecular complexity index is 1220. The Kier molecular flexibility index (Phi) is 6.98. The molecule has 3 nitrogen and oxygen atoms in total. The standard InChI is InChI=1S/C25H19Cl3N2O/c26-19-7-3-5-17(13-19)16-31-25-12-11-18-6-1-2-8-20(18)21(25)14-29-30-15-22-23(27)9-4-10-24(22)28/h1-14,30H,15-16H2/b29-14+. The van der Waals surface area contributed by atoms with Crippen molar-refractivity contribution in [2.24, 2.45) is 5.10 Å². The molecule has 0 atom stereocenters. The second kappa shape index (κ2) is 10.1. The van der Waals surface area contributed by atoms with Crippen LogP contribution in [-0.2, 0) is 13.2 Å². The summed E-state index contributed by atoms with van der Waals surface area (Å²) in [6.45, 7) is 0.820. The Morgan fingerprint density at radius 2 is 1.61 bits per heavy atom. The number of rotatable bonds is 7. The van der Waals surface area contributed by atoms with Crippen molar-refractivity contribution in [1.82, 2.24) is 5.43 Å². The lowest BCUT2D eigenvalue weighted by Gasteiger charge is -2.12. The molecule has 1 N–H and O–H groups in total. The topological polar surface area (TPSA) is 33.6 Å². The van der Waals surface area contributed by atoms with E-state index in [4.69, 9.17) is 39.5 Å². The van der Waals surface area contributed by atoms with Crippen LogP contribution in [0.1, 0.15) is 16.7 Å². The molecule has 0 amide bonds. The molecule has 4 rings (SSSR count). The molecule has 0 saturated heterocycles. The van der Waals surface area contributed by atoms with Crippen LogP contribution in [0.2, 0.25) is 15.1 Å². The molecule has 0 fully saturated rings. The molecule has 0 spiro atoms. The molecular formula is C25H19Cl3N2O. The lowest BCUT2D eigenvalue weighted by atomic mass is 10.0. The SMILES string of the molecule is Clc1cccc(COc2ccc3ccccc3c2/C=N/NCc2c(Cl)cccc2Cl)c1. The van der Waals surface area contributed by atoms with Gasteiger partial charge < -0.3 is 10.2 Å². The van der Waals surface area contributed by atoms with Crippen molar-refractivity contribution in [1.29, 1.82) is 0 Å². The Morgan fingerprint density at radius 3 is 2.42 bits per heavy atom. The molecule has 156 valence electrons. The van der Waals surface area contributed by atoms with E-state index in [0.29, 0.717) is 28.2 Å². The predicted octanol–water partition coefficient (Wildman–Crippen LogP) is 7.50. The van der Waals surface area contributed by atoms with E-state index in [9.17, 15) is 0 Å². The van der Waals surface area contributed by atoms with Crippen molar-refractivity contribution >= 4 is 51.8 Å². The average molecular weight is 470 g/mol. The highest BCUT2D eigenvalue weighted by molar-refractivity contribution is 6.36. The lowest BCUT2D eigenvalue weighted by molar-refractivity contribution is 0.306. The van der Waals surface area contributed by atoms with Gasteiger partial charge in [-0.3, -0.25) is 0 Å². The van der Waals surface area contributed by atoms with Gasteiger partial charge in [0, 0.05) is 26.2 Å². The van der Waals surface area contributed by atoms with E-state index in [2.05, 4.69) is 16.6 Å². The molecule has 4 aromatic rings. The van der Waals surface area contributed by atoms with E-state index in [1.54, 1.807) is 18.3 Å². The minimum atomic E-state index is 0.405. The van der Waals surface area contributed by atoms with Gasteiger partial charge in [-0.1, -0.05) is 83.3 Å². The molecule has 0 aliphatic heterocycles. The summed E-state index contributed by atoms with van der Waals surface area (Å²) in [6, 6.07) is 25.2. The van der Waals surface area contributed by atoms with Crippen molar-refractivity contribution in [2.75, 3.05) is 0 Å². The lowest BCUT2D eigenvalue weighted by Crippen LogP contribution is -2.07. The van der Waals surface area contributed by atoms with E-state index in [0.717, 1.165) is 33.2 Å². The first-order valence-electron chi connectivity index (χ1n) is 9.69. The summed E-state index contributed by atoms with van der Waals surface area (Å²) in [5, 5.41) is 8.45. The molecule has 6 heteroatoms. The molecule has 0 radical (unpaired) electrons.